The van der Waals surface area contributed by atoms with Gasteiger partial charge in [-0.2, -0.15) is 0 Å². The molecule has 3 N–H and O–H groups in total. The molecule has 0 amide bonds. The van der Waals surface area contributed by atoms with E-state index in [9.17, 15) is 4.39 Å². The van der Waals surface area contributed by atoms with Crippen molar-refractivity contribution in [2.24, 2.45) is 5.84 Å². The molecule has 2 aromatic rings. The number of hydrazine groups is 1. The van der Waals surface area contributed by atoms with Gasteiger partial charge in [0.05, 0.1) is 13.2 Å². The van der Waals surface area contributed by atoms with Gasteiger partial charge in [-0.25, -0.2) is 4.39 Å². The van der Waals surface area contributed by atoms with Gasteiger partial charge in [0.1, 0.15) is 0 Å². The smallest absolute Gasteiger partial charge is 0.168 e. The summed E-state index contributed by atoms with van der Waals surface area (Å²) in [7, 11) is 1.45. The Morgan fingerprint density at radius 3 is 2.52 bits per heavy atom. The van der Waals surface area contributed by atoms with Crippen molar-refractivity contribution in [3.8, 4) is 5.75 Å². The summed E-state index contributed by atoms with van der Waals surface area (Å²) < 4.78 is 19.2. The maximum absolute atomic E-state index is 14.2. The molecule has 1 atom stereocenters. The second-order valence-corrected chi connectivity index (χ2v) is 5.04. The van der Waals surface area contributed by atoms with Crippen LogP contribution in [-0.4, -0.2) is 12.1 Å². The minimum Gasteiger partial charge on any atom is -0.494 e. The number of hydrogen-bond acceptors (Lipinski definition) is 4. The zero-order valence-electron chi connectivity index (χ0n) is 12.5. The molecular formula is C16H20FN3O. The highest BCUT2D eigenvalue weighted by Crippen LogP contribution is 2.25. The second-order valence-electron chi connectivity index (χ2n) is 5.04. The van der Waals surface area contributed by atoms with E-state index in [-0.39, 0.29) is 17.6 Å². The summed E-state index contributed by atoms with van der Waals surface area (Å²) in [6.07, 6.45) is 0.433. The van der Waals surface area contributed by atoms with Crippen molar-refractivity contribution in [1.82, 2.24) is 10.4 Å². The first-order valence-electron chi connectivity index (χ1n) is 6.78. The highest BCUT2D eigenvalue weighted by Gasteiger charge is 2.16. The molecule has 0 aliphatic rings. The number of methoxy groups -OCH3 is 1. The van der Waals surface area contributed by atoms with E-state index in [0.717, 1.165) is 17.0 Å². The zero-order valence-corrected chi connectivity index (χ0v) is 12.5. The summed E-state index contributed by atoms with van der Waals surface area (Å²) in [6, 6.07) is 8.83. The van der Waals surface area contributed by atoms with E-state index in [1.165, 1.54) is 7.11 Å². The van der Waals surface area contributed by atoms with Crippen LogP contribution in [0, 0.1) is 19.7 Å². The first-order chi connectivity index (χ1) is 10.0. The number of nitrogens with two attached hydrogens (primary N) is 1. The predicted molar refractivity (Wildman–Crippen MR) is 80.4 cm³/mol. The summed E-state index contributed by atoms with van der Waals surface area (Å²) in [5.74, 6) is 5.55. The minimum atomic E-state index is -0.345. The third kappa shape index (κ3) is 3.56. The second kappa shape index (κ2) is 6.65. The van der Waals surface area contributed by atoms with E-state index in [1.54, 1.807) is 18.2 Å². The molecule has 4 nitrogen and oxygen atoms in total. The van der Waals surface area contributed by atoms with Crippen molar-refractivity contribution in [1.29, 1.82) is 0 Å². The van der Waals surface area contributed by atoms with E-state index in [1.807, 2.05) is 26.0 Å². The number of halogens is 1. The van der Waals surface area contributed by atoms with Gasteiger partial charge in [0.2, 0.25) is 0 Å². The molecule has 0 bridgehead atoms. The first kappa shape index (κ1) is 15.4. The lowest BCUT2D eigenvalue weighted by Gasteiger charge is -2.18. The largest absolute Gasteiger partial charge is 0.494 e. The van der Waals surface area contributed by atoms with Gasteiger partial charge in [0.25, 0.3) is 0 Å². The van der Waals surface area contributed by atoms with Crippen LogP contribution in [-0.2, 0) is 6.42 Å². The Labute approximate surface area is 124 Å². The van der Waals surface area contributed by atoms with Crippen molar-refractivity contribution in [2.45, 2.75) is 26.3 Å². The molecule has 1 heterocycles. The Morgan fingerprint density at radius 1 is 1.29 bits per heavy atom. The lowest BCUT2D eigenvalue weighted by atomic mass is 9.98. The van der Waals surface area contributed by atoms with Crippen molar-refractivity contribution in [3.63, 3.8) is 0 Å². The number of benzene rings is 1. The van der Waals surface area contributed by atoms with Crippen molar-refractivity contribution < 1.29 is 9.13 Å². The van der Waals surface area contributed by atoms with Gasteiger partial charge in [0.15, 0.2) is 11.6 Å². The van der Waals surface area contributed by atoms with Crippen molar-refractivity contribution in [2.75, 3.05) is 7.11 Å². The van der Waals surface area contributed by atoms with E-state index in [2.05, 4.69) is 10.4 Å². The Hall–Kier alpha value is -1.98. The number of aromatic nitrogens is 1. The maximum atomic E-state index is 14.2. The fraction of sp³-hybridized carbons (Fsp3) is 0.312. The van der Waals surface area contributed by atoms with Crippen LogP contribution in [0.2, 0.25) is 0 Å². The van der Waals surface area contributed by atoms with Gasteiger partial charge in [-0.05, 0) is 49.6 Å². The Kier molecular flexibility index (Phi) is 4.88. The van der Waals surface area contributed by atoms with Crippen molar-refractivity contribution >= 4 is 0 Å². The van der Waals surface area contributed by atoms with Crippen molar-refractivity contribution in [3.05, 3.63) is 58.7 Å². The van der Waals surface area contributed by atoms with Gasteiger partial charge < -0.3 is 4.74 Å². The molecule has 0 aliphatic heterocycles. The molecule has 0 spiro atoms. The highest BCUT2D eigenvalue weighted by molar-refractivity contribution is 5.33. The average Bonchev–Trinajstić information content (AvgIpc) is 2.45. The molecular weight excluding hydrogens is 269 g/mol. The number of nitrogens with one attached hydrogen (secondary N) is 1. The quantitative estimate of drug-likeness (QED) is 0.656. The number of ether oxygens (including phenoxy) is 1. The van der Waals surface area contributed by atoms with Crippen LogP contribution >= 0.6 is 0 Å². The molecule has 0 radical (unpaired) electrons. The minimum absolute atomic E-state index is 0.188. The molecule has 5 heteroatoms. The van der Waals surface area contributed by atoms with E-state index < -0.39 is 0 Å². The zero-order chi connectivity index (χ0) is 15.4. The van der Waals surface area contributed by atoms with Crippen LogP contribution < -0.4 is 16.0 Å². The van der Waals surface area contributed by atoms with E-state index >= 15 is 0 Å². The molecule has 0 saturated carbocycles. The Bertz CT molecular complexity index is 611. The number of aryl methyl sites for hydroxylation is 2. The molecule has 2 rings (SSSR count). The summed E-state index contributed by atoms with van der Waals surface area (Å²) >= 11 is 0. The normalized spacial score (nSPS) is 12.2. The standard InChI is InChI=1S/C16H20FN3O/c1-10-7-13(8-11(2)19-10)14(20-18)9-12-5-4-6-15(21-3)16(12)17/h4-8,14,20H,9,18H2,1-3H3. The molecule has 1 aromatic carbocycles. The van der Waals surface area contributed by atoms with Crippen LogP contribution in [0.25, 0.3) is 0 Å². The summed E-state index contributed by atoms with van der Waals surface area (Å²) in [5, 5.41) is 0. The summed E-state index contributed by atoms with van der Waals surface area (Å²) in [4.78, 5) is 4.34. The van der Waals surface area contributed by atoms with Crippen LogP contribution in [0.3, 0.4) is 0 Å². The van der Waals surface area contributed by atoms with Crippen LogP contribution in [0.5, 0.6) is 5.75 Å². The predicted octanol–water partition coefficient (Wildman–Crippen LogP) is 2.59. The monoisotopic (exact) mass is 289 g/mol. The summed E-state index contributed by atoms with van der Waals surface area (Å²) in [5.41, 5.74) is 6.13. The molecule has 0 fully saturated rings. The highest BCUT2D eigenvalue weighted by atomic mass is 19.1. The fourth-order valence-corrected chi connectivity index (χ4v) is 2.43. The van der Waals surface area contributed by atoms with Gasteiger partial charge in [-0.3, -0.25) is 16.3 Å². The number of nitrogens with zero attached hydrogens (tertiary/aromatic N) is 1. The van der Waals surface area contributed by atoms with Crippen LogP contribution in [0.4, 0.5) is 4.39 Å². The lowest BCUT2D eigenvalue weighted by molar-refractivity contribution is 0.382. The van der Waals surface area contributed by atoms with E-state index in [0.29, 0.717) is 12.0 Å². The molecule has 21 heavy (non-hydrogen) atoms. The SMILES string of the molecule is COc1cccc(CC(NN)c2cc(C)nc(C)c2)c1F. The Balaban J connectivity index is 2.31. The van der Waals surface area contributed by atoms with Gasteiger partial charge in [-0.15, -0.1) is 0 Å². The van der Waals surface area contributed by atoms with Gasteiger partial charge in [0, 0.05) is 11.4 Å². The topological polar surface area (TPSA) is 60.2 Å². The lowest BCUT2D eigenvalue weighted by Crippen LogP contribution is -2.30. The molecule has 0 aliphatic carbocycles. The Morgan fingerprint density at radius 2 is 1.95 bits per heavy atom. The van der Waals surface area contributed by atoms with Gasteiger partial charge in [-0.1, -0.05) is 12.1 Å². The fourth-order valence-electron chi connectivity index (χ4n) is 2.43. The third-order valence-electron chi connectivity index (χ3n) is 3.39. The van der Waals surface area contributed by atoms with Gasteiger partial charge >= 0.3 is 0 Å². The van der Waals surface area contributed by atoms with Crippen LogP contribution in [0.1, 0.15) is 28.6 Å². The van der Waals surface area contributed by atoms with E-state index in [4.69, 9.17) is 10.6 Å². The summed E-state index contributed by atoms with van der Waals surface area (Å²) in [6.45, 7) is 3.85. The molecule has 0 saturated heterocycles. The first-order valence-corrected chi connectivity index (χ1v) is 6.78. The van der Waals surface area contributed by atoms with Crippen LogP contribution in [0.15, 0.2) is 30.3 Å². The number of hydrogen-bond donors (Lipinski definition) is 2. The molecule has 1 unspecified atom stereocenters. The maximum Gasteiger partial charge on any atom is 0.168 e. The number of rotatable bonds is 5. The average molecular weight is 289 g/mol. The third-order valence-corrected chi connectivity index (χ3v) is 3.39. The molecule has 112 valence electrons. The molecule has 1 aromatic heterocycles. The number of pyridine rings is 1.